The van der Waals surface area contributed by atoms with Crippen LogP contribution in [0.4, 0.5) is 36.2 Å². The molecule has 0 saturated carbocycles. The van der Waals surface area contributed by atoms with Gasteiger partial charge in [0.25, 0.3) is 0 Å². The van der Waals surface area contributed by atoms with E-state index in [9.17, 15) is 23.3 Å². The van der Waals surface area contributed by atoms with Gasteiger partial charge in [-0.3, -0.25) is 10.1 Å². The molecule has 0 bridgehead atoms. The molecule has 0 radical (unpaired) electrons. The van der Waals surface area contributed by atoms with Crippen LogP contribution < -0.4 is 15.4 Å². The van der Waals surface area contributed by atoms with E-state index in [0.717, 1.165) is 24.0 Å². The third kappa shape index (κ3) is 5.34. The molecule has 11 heteroatoms. The summed E-state index contributed by atoms with van der Waals surface area (Å²) >= 11 is 0. The van der Waals surface area contributed by atoms with Gasteiger partial charge in [-0.2, -0.15) is 0 Å². The monoisotopic (exact) mass is 419 g/mol. The molecule has 8 nitrogen and oxygen atoms in total. The highest BCUT2D eigenvalue weighted by Crippen LogP contribution is 2.33. The Hall–Kier alpha value is -3.89. The molecule has 2 aromatic carbocycles. The number of aromatic nitrogens is 2. The van der Waals surface area contributed by atoms with Gasteiger partial charge in [0.05, 0.1) is 11.0 Å². The highest BCUT2D eigenvalue weighted by molar-refractivity contribution is 5.74. The first-order valence-corrected chi connectivity index (χ1v) is 8.66. The number of hydrogen-bond acceptors (Lipinski definition) is 7. The Balaban J connectivity index is 1.83. The van der Waals surface area contributed by atoms with Gasteiger partial charge in [-0.05, 0) is 36.8 Å². The molecule has 156 valence electrons. The quantitative estimate of drug-likeness (QED) is 0.401. The molecular weight excluding hydrogens is 403 g/mol. The van der Waals surface area contributed by atoms with Crippen molar-refractivity contribution in [1.82, 2.24) is 9.97 Å². The van der Waals surface area contributed by atoms with E-state index in [1.54, 1.807) is 0 Å². The first-order valence-electron chi connectivity index (χ1n) is 8.66. The summed E-state index contributed by atoms with van der Waals surface area (Å²) in [7, 11) is 0. The van der Waals surface area contributed by atoms with Gasteiger partial charge in [0.2, 0.25) is 11.6 Å². The average Bonchev–Trinajstić information content (AvgIpc) is 2.69. The minimum absolute atomic E-state index is 0.00544. The van der Waals surface area contributed by atoms with Crippen molar-refractivity contribution < 1.29 is 22.8 Å². The predicted molar refractivity (Wildman–Crippen MR) is 104 cm³/mol. The Morgan fingerprint density at radius 3 is 2.27 bits per heavy atom. The molecule has 30 heavy (non-hydrogen) atoms. The molecule has 2 N–H and O–H groups in total. The molecule has 0 fully saturated rings. The first-order chi connectivity index (χ1) is 14.2. The van der Waals surface area contributed by atoms with Crippen LogP contribution in [0.3, 0.4) is 0 Å². The van der Waals surface area contributed by atoms with Crippen molar-refractivity contribution in [1.29, 1.82) is 0 Å². The van der Waals surface area contributed by atoms with Gasteiger partial charge < -0.3 is 15.4 Å². The zero-order valence-corrected chi connectivity index (χ0v) is 15.6. The van der Waals surface area contributed by atoms with Crippen LogP contribution in [0, 0.1) is 10.1 Å². The number of anilines is 3. The van der Waals surface area contributed by atoms with Crippen molar-refractivity contribution in [3.8, 4) is 5.75 Å². The zero-order valence-electron chi connectivity index (χ0n) is 15.6. The van der Waals surface area contributed by atoms with Gasteiger partial charge in [0, 0.05) is 5.69 Å². The van der Waals surface area contributed by atoms with Crippen LogP contribution >= 0.6 is 0 Å². The lowest BCUT2D eigenvalue weighted by atomic mass is 10.1. The summed E-state index contributed by atoms with van der Waals surface area (Å²) < 4.78 is 40.6. The fourth-order valence-corrected chi connectivity index (χ4v) is 2.66. The van der Waals surface area contributed by atoms with E-state index in [1.807, 2.05) is 37.3 Å². The number of hydrogen-bond donors (Lipinski definition) is 2. The molecule has 0 saturated heterocycles. The second-order valence-corrected chi connectivity index (χ2v) is 6.15. The third-order valence-electron chi connectivity index (χ3n) is 4.01. The highest BCUT2D eigenvalue weighted by atomic mass is 19.4. The van der Waals surface area contributed by atoms with Crippen molar-refractivity contribution in [3.63, 3.8) is 0 Å². The van der Waals surface area contributed by atoms with Crippen molar-refractivity contribution >= 4 is 23.0 Å². The molecule has 1 heterocycles. The summed E-state index contributed by atoms with van der Waals surface area (Å²) in [5, 5.41) is 17.4. The van der Waals surface area contributed by atoms with E-state index < -0.39 is 22.7 Å². The number of nitrogens with one attached hydrogen (secondary N) is 2. The van der Waals surface area contributed by atoms with E-state index in [-0.39, 0.29) is 23.4 Å². The standard InChI is InChI=1S/C19H16F3N5O3/c1-12(13-5-3-2-4-6-13)25-17-16(27(28)29)18(24-11-23-17)26-14-7-9-15(10-8-14)30-19(20,21)22/h2-12H,1H3,(H2,23,24,25,26). The van der Waals surface area contributed by atoms with Crippen LogP contribution in [0.1, 0.15) is 18.5 Å². The number of nitrogens with zero attached hydrogens (tertiary/aromatic N) is 3. The predicted octanol–water partition coefficient (Wildman–Crippen LogP) is 5.20. The minimum atomic E-state index is -4.81. The molecule has 3 aromatic rings. The molecule has 0 aliphatic heterocycles. The number of halogens is 3. The van der Waals surface area contributed by atoms with E-state index in [4.69, 9.17) is 0 Å². The lowest BCUT2D eigenvalue weighted by molar-refractivity contribution is -0.383. The number of ether oxygens (including phenoxy) is 1. The SMILES string of the molecule is CC(Nc1ncnc(Nc2ccc(OC(F)(F)F)cc2)c1[N+](=O)[O-])c1ccccc1. The Bertz CT molecular complexity index is 1010. The summed E-state index contributed by atoms with van der Waals surface area (Å²) in [6, 6.07) is 13.8. The van der Waals surface area contributed by atoms with Gasteiger partial charge in [0.1, 0.15) is 12.1 Å². The van der Waals surface area contributed by atoms with Crippen LogP contribution in [-0.2, 0) is 0 Å². The third-order valence-corrected chi connectivity index (χ3v) is 4.01. The Labute approximate surface area is 168 Å². The Morgan fingerprint density at radius 1 is 1.03 bits per heavy atom. The smallest absolute Gasteiger partial charge is 0.406 e. The second-order valence-electron chi connectivity index (χ2n) is 6.15. The van der Waals surface area contributed by atoms with Gasteiger partial charge in [-0.1, -0.05) is 30.3 Å². The number of benzene rings is 2. The van der Waals surface area contributed by atoms with E-state index in [0.29, 0.717) is 0 Å². The molecule has 0 amide bonds. The van der Waals surface area contributed by atoms with Crippen LogP contribution in [0.2, 0.25) is 0 Å². The van der Waals surface area contributed by atoms with E-state index in [2.05, 4.69) is 25.3 Å². The van der Waals surface area contributed by atoms with Crippen molar-refractivity contribution in [3.05, 3.63) is 76.6 Å². The number of nitro groups is 1. The second kappa shape index (κ2) is 8.64. The average molecular weight is 419 g/mol. The zero-order chi connectivity index (χ0) is 21.7. The highest BCUT2D eigenvalue weighted by Gasteiger charge is 2.31. The van der Waals surface area contributed by atoms with Gasteiger partial charge in [-0.15, -0.1) is 13.2 Å². The van der Waals surface area contributed by atoms with Crippen LogP contribution in [0.5, 0.6) is 5.75 Å². The molecule has 1 atom stereocenters. The Morgan fingerprint density at radius 2 is 1.67 bits per heavy atom. The van der Waals surface area contributed by atoms with Gasteiger partial charge in [0.15, 0.2) is 0 Å². The van der Waals surface area contributed by atoms with Crippen LogP contribution in [0.25, 0.3) is 0 Å². The summed E-state index contributed by atoms with van der Waals surface area (Å²) in [5.74, 6) is -0.516. The van der Waals surface area contributed by atoms with E-state index in [1.165, 1.54) is 12.1 Å². The maximum atomic E-state index is 12.3. The topological polar surface area (TPSA) is 102 Å². The van der Waals surface area contributed by atoms with Crippen molar-refractivity contribution in [2.45, 2.75) is 19.3 Å². The molecule has 0 aliphatic carbocycles. The number of rotatable bonds is 7. The van der Waals surface area contributed by atoms with Crippen LogP contribution in [-0.4, -0.2) is 21.3 Å². The minimum Gasteiger partial charge on any atom is -0.406 e. The molecule has 0 spiro atoms. The lowest BCUT2D eigenvalue weighted by Gasteiger charge is -2.16. The maximum absolute atomic E-state index is 12.3. The summed E-state index contributed by atoms with van der Waals surface area (Å²) in [6.45, 7) is 1.83. The molecule has 0 aliphatic rings. The molecule has 1 aromatic heterocycles. The van der Waals surface area contributed by atoms with Crippen molar-refractivity contribution in [2.24, 2.45) is 0 Å². The maximum Gasteiger partial charge on any atom is 0.573 e. The summed E-state index contributed by atoms with van der Waals surface area (Å²) in [4.78, 5) is 18.9. The van der Waals surface area contributed by atoms with Crippen molar-refractivity contribution in [2.75, 3.05) is 10.6 Å². The molecular formula is C19H16F3N5O3. The fourth-order valence-electron chi connectivity index (χ4n) is 2.66. The first kappa shape index (κ1) is 20.8. The lowest BCUT2D eigenvalue weighted by Crippen LogP contribution is -2.17. The Kier molecular flexibility index (Phi) is 6.00. The van der Waals surface area contributed by atoms with Gasteiger partial charge in [-0.25, -0.2) is 9.97 Å². The van der Waals surface area contributed by atoms with Gasteiger partial charge >= 0.3 is 12.0 Å². The van der Waals surface area contributed by atoms with Crippen LogP contribution in [0.15, 0.2) is 60.9 Å². The molecule has 3 rings (SSSR count). The molecule has 1 unspecified atom stereocenters. The fraction of sp³-hybridized carbons (Fsp3) is 0.158. The number of alkyl halides is 3. The van der Waals surface area contributed by atoms with E-state index >= 15 is 0 Å². The normalized spacial score (nSPS) is 12.1. The summed E-state index contributed by atoms with van der Waals surface area (Å²) in [6.07, 6.45) is -3.66. The largest absolute Gasteiger partial charge is 0.573 e. The summed E-state index contributed by atoms with van der Waals surface area (Å²) in [5.41, 5.74) is 0.796.